The standard InChI is InChI=1S/C14H19F3N2O2/c1-19(9-13(20)4-6-21-7-5-13)10-2-3-12(18)11(8-10)14(15,16)17/h2-3,8,20H,4-7,9,18H2,1H3. The average molecular weight is 304 g/mol. The van der Waals surface area contributed by atoms with Crippen LogP contribution in [0.4, 0.5) is 24.5 Å². The van der Waals surface area contributed by atoms with Gasteiger partial charge in [-0.05, 0) is 18.2 Å². The normalized spacial score (nSPS) is 18.5. The molecule has 0 aromatic heterocycles. The summed E-state index contributed by atoms with van der Waals surface area (Å²) >= 11 is 0. The SMILES string of the molecule is CN(CC1(O)CCOCC1)c1ccc(N)c(C(F)(F)F)c1. The summed E-state index contributed by atoms with van der Waals surface area (Å²) in [7, 11) is 1.65. The number of nitrogens with two attached hydrogens (primary N) is 1. The summed E-state index contributed by atoms with van der Waals surface area (Å²) in [5.74, 6) is 0. The molecule has 1 aromatic rings. The van der Waals surface area contributed by atoms with E-state index in [2.05, 4.69) is 0 Å². The molecule has 1 aromatic carbocycles. The molecule has 0 aliphatic carbocycles. The molecule has 0 amide bonds. The molecule has 1 saturated heterocycles. The van der Waals surface area contributed by atoms with Crippen molar-refractivity contribution in [1.82, 2.24) is 0 Å². The van der Waals surface area contributed by atoms with Gasteiger partial charge in [0.25, 0.3) is 0 Å². The fourth-order valence-electron chi connectivity index (χ4n) is 2.47. The molecule has 0 spiro atoms. The summed E-state index contributed by atoms with van der Waals surface area (Å²) in [6.45, 7) is 1.16. The molecule has 0 radical (unpaired) electrons. The van der Waals surface area contributed by atoms with Gasteiger partial charge in [-0.2, -0.15) is 13.2 Å². The maximum absolute atomic E-state index is 12.9. The molecule has 2 rings (SSSR count). The first-order chi connectivity index (χ1) is 9.71. The number of alkyl halides is 3. The Bertz CT molecular complexity index is 499. The molecule has 0 atom stereocenters. The minimum Gasteiger partial charge on any atom is -0.398 e. The second kappa shape index (κ2) is 5.73. The van der Waals surface area contributed by atoms with Gasteiger partial charge in [0, 0.05) is 51.0 Å². The number of halogens is 3. The first-order valence-electron chi connectivity index (χ1n) is 6.69. The van der Waals surface area contributed by atoms with Gasteiger partial charge in [0.15, 0.2) is 0 Å². The highest BCUT2D eigenvalue weighted by atomic mass is 19.4. The van der Waals surface area contributed by atoms with Crippen LogP contribution < -0.4 is 10.6 Å². The third-order valence-corrected chi connectivity index (χ3v) is 3.74. The lowest BCUT2D eigenvalue weighted by molar-refractivity contribution is -0.136. The fourth-order valence-corrected chi connectivity index (χ4v) is 2.47. The van der Waals surface area contributed by atoms with Crippen molar-refractivity contribution in [3.8, 4) is 0 Å². The van der Waals surface area contributed by atoms with E-state index in [0.29, 0.717) is 31.7 Å². The van der Waals surface area contributed by atoms with E-state index in [1.165, 1.54) is 12.1 Å². The number of nitrogen functional groups attached to an aromatic ring is 1. The van der Waals surface area contributed by atoms with Gasteiger partial charge in [-0.25, -0.2) is 0 Å². The van der Waals surface area contributed by atoms with E-state index in [-0.39, 0.29) is 12.2 Å². The van der Waals surface area contributed by atoms with Crippen LogP contribution in [-0.2, 0) is 10.9 Å². The van der Waals surface area contributed by atoms with Gasteiger partial charge in [0.05, 0.1) is 11.2 Å². The number of hydrogen-bond donors (Lipinski definition) is 2. The zero-order valence-corrected chi connectivity index (χ0v) is 11.8. The van der Waals surface area contributed by atoms with Crippen molar-refractivity contribution in [2.24, 2.45) is 0 Å². The van der Waals surface area contributed by atoms with Crippen LogP contribution in [0.15, 0.2) is 18.2 Å². The van der Waals surface area contributed by atoms with Crippen molar-refractivity contribution >= 4 is 11.4 Å². The van der Waals surface area contributed by atoms with Crippen LogP contribution in [0.3, 0.4) is 0 Å². The van der Waals surface area contributed by atoms with Crippen molar-refractivity contribution in [2.45, 2.75) is 24.6 Å². The molecule has 1 aliphatic heterocycles. The molecule has 0 saturated carbocycles. The van der Waals surface area contributed by atoms with E-state index in [1.54, 1.807) is 11.9 Å². The summed E-state index contributed by atoms with van der Waals surface area (Å²) < 4.78 is 43.8. The molecule has 0 unspecified atom stereocenters. The van der Waals surface area contributed by atoms with Crippen molar-refractivity contribution in [1.29, 1.82) is 0 Å². The monoisotopic (exact) mass is 304 g/mol. The first kappa shape index (κ1) is 15.9. The van der Waals surface area contributed by atoms with E-state index in [4.69, 9.17) is 10.5 Å². The van der Waals surface area contributed by atoms with Crippen molar-refractivity contribution in [3.63, 3.8) is 0 Å². The summed E-state index contributed by atoms with van der Waals surface area (Å²) in [6, 6.07) is 3.77. The van der Waals surface area contributed by atoms with Crippen LogP contribution in [-0.4, -0.2) is 37.5 Å². The Labute approximate surface area is 121 Å². The van der Waals surface area contributed by atoms with Crippen LogP contribution in [0, 0.1) is 0 Å². The highest BCUT2D eigenvalue weighted by Crippen LogP contribution is 2.36. The second-order valence-corrected chi connectivity index (χ2v) is 5.46. The van der Waals surface area contributed by atoms with Crippen molar-refractivity contribution in [2.75, 3.05) is 37.4 Å². The molecule has 1 aliphatic rings. The van der Waals surface area contributed by atoms with Gasteiger partial charge in [-0.15, -0.1) is 0 Å². The molecule has 21 heavy (non-hydrogen) atoms. The third kappa shape index (κ3) is 3.79. The van der Waals surface area contributed by atoms with Gasteiger partial charge in [0.1, 0.15) is 0 Å². The van der Waals surface area contributed by atoms with E-state index >= 15 is 0 Å². The Hall–Kier alpha value is -1.47. The zero-order valence-electron chi connectivity index (χ0n) is 11.8. The lowest BCUT2D eigenvalue weighted by Crippen LogP contribution is -2.45. The van der Waals surface area contributed by atoms with Gasteiger partial charge in [-0.3, -0.25) is 0 Å². The molecule has 1 heterocycles. The van der Waals surface area contributed by atoms with E-state index in [1.807, 2.05) is 0 Å². The Kier molecular flexibility index (Phi) is 4.34. The molecule has 1 fully saturated rings. The minimum atomic E-state index is -4.49. The lowest BCUT2D eigenvalue weighted by atomic mass is 9.93. The molecular weight excluding hydrogens is 285 g/mol. The number of nitrogens with zero attached hydrogens (tertiary/aromatic N) is 1. The van der Waals surface area contributed by atoms with E-state index in [0.717, 1.165) is 6.07 Å². The predicted molar refractivity (Wildman–Crippen MR) is 74.1 cm³/mol. The van der Waals surface area contributed by atoms with E-state index in [9.17, 15) is 18.3 Å². The predicted octanol–water partition coefficient (Wildman–Crippen LogP) is 2.27. The number of ether oxygens (including phenoxy) is 1. The average Bonchev–Trinajstić information content (AvgIpc) is 2.38. The first-order valence-corrected chi connectivity index (χ1v) is 6.69. The van der Waals surface area contributed by atoms with Crippen molar-refractivity contribution in [3.05, 3.63) is 23.8 Å². The summed E-state index contributed by atoms with van der Waals surface area (Å²) in [4.78, 5) is 1.61. The minimum absolute atomic E-state index is 0.248. The molecule has 7 heteroatoms. The summed E-state index contributed by atoms with van der Waals surface area (Å²) in [5.41, 5.74) is 3.66. The van der Waals surface area contributed by atoms with Crippen LogP contribution >= 0.6 is 0 Å². The molecule has 0 bridgehead atoms. The smallest absolute Gasteiger partial charge is 0.398 e. The topological polar surface area (TPSA) is 58.7 Å². The van der Waals surface area contributed by atoms with Crippen LogP contribution in [0.2, 0.25) is 0 Å². The lowest BCUT2D eigenvalue weighted by Gasteiger charge is -2.36. The maximum Gasteiger partial charge on any atom is 0.418 e. The number of benzene rings is 1. The summed E-state index contributed by atoms with van der Waals surface area (Å²) in [5, 5.41) is 10.4. The van der Waals surface area contributed by atoms with Gasteiger partial charge >= 0.3 is 6.18 Å². The van der Waals surface area contributed by atoms with Crippen molar-refractivity contribution < 1.29 is 23.0 Å². The largest absolute Gasteiger partial charge is 0.418 e. The second-order valence-electron chi connectivity index (χ2n) is 5.46. The maximum atomic E-state index is 12.9. The van der Waals surface area contributed by atoms with Gasteiger partial charge in [-0.1, -0.05) is 0 Å². The highest BCUT2D eigenvalue weighted by molar-refractivity contribution is 5.59. The van der Waals surface area contributed by atoms with E-state index < -0.39 is 17.3 Å². The number of hydrogen-bond acceptors (Lipinski definition) is 4. The molecule has 4 nitrogen and oxygen atoms in total. The van der Waals surface area contributed by atoms with Gasteiger partial charge < -0.3 is 20.5 Å². The zero-order chi connectivity index (χ0) is 15.7. The van der Waals surface area contributed by atoms with Crippen LogP contribution in [0.1, 0.15) is 18.4 Å². The molecule has 3 N–H and O–H groups in total. The highest BCUT2D eigenvalue weighted by Gasteiger charge is 2.34. The summed E-state index contributed by atoms with van der Waals surface area (Å²) in [6.07, 6.45) is -3.55. The Morgan fingerprint density at radius 1 is 1.33 bits per heavy atom. The fraction of sp³-hybridized carbons (Fsp3) is 0.571. The third-order valence-electron chi connectivity index (χ3n) is 3.74. The Morgan fingerprint density at radius 3 is 2.52 bits per heavy atom. The Morgan fingerprint density at radius 2 is 1.95 bits per heavy atom. The number of aliphatic hydroxyl groups is 1. The molecule has 118 valence electrons. The Balaban J connectivity index is 2.17. The van der Waals surface area contributed by atoms with Gasteiger partial charge in [0.2, 0.25) is 0 Å². The van der Waals surface area contributed by atoms with Crippen LogP contribution in [0.25, 0.3) is 0 Å². The number of rotatable bonds is 3. The number of anilines is 2. The van der Waals surface area contributed by atoms with Crippen LogP contribution in [0.5, 0.6) is 0 Å². The quantitative estimate of drug-likeness (QED) is 0.841. The molecular formula is C14H19F3N2O2. The number of likely N-dealkylation sites (N-methyl/N-ethyl adjacent to an activating group) is 1.